The molecule has 0 saturated heterocycles. The Morgan fingerprint density at radius 3 is 2.70 bits per heavy atom. The van der Waals surface area contributed by atoms with E-state index in [9.17, 15) is 9.59 Å². The molecule has 2 aromatic carbocycles. The van der Waals surface area contributed by atoms with E-state index < -0.39 is 5.97 Å². The second-order valence-corrected chi connectivity index (χ2v) is 8.65. The van der Waals surface area contributed by atoms with Crippen molar-refractivity contribution >= 4 is 28.5 Å². The minimum atomic E-state index is -0.855. The van der Waals surface area contributed by atoms with Gasteiger partial charge in [0.2, 0.25) is 5.91 Å². The smallest absolute Gasteiger partial charge is 0.305 e. The Hall–Kier alpha value is -3.87. The molecule has 0 bridgehead atoms. The summed E-state index contributed by atoms with van der Waals surface area (Å²) in [4.78, 5) is 24.0. The second-order valence-electron chi connectivity index (χ2n) is 8.65. The molecule has 7 heteroatoms. The van der Waals surface area contributed by atoms with Gasteiger partial charge in [0, 0.05) is 41.7 Å². The molecule has 33 heavy (non-hydrogen) atoms. The highest BCUT2D eigenvalue weighted by Crippen LogP contribution is 2.42. The van der Waals surface area contributed by atoms with Gasteiger partial charge >= 0.3 is 5.97 Å². The first-order chi connectivity index (χ1) is 15.9. The number of aromatic nitrogens is 3. The maximum Gasteiger partial charge on any atom is 0.305 e. The highest BCUT2D eigenvalue weighted by atomic mass is 16.4. The van der Waals surface area contributed by atoms with Crippen LogP contribution >= 0.6 is 0 Å². The van der Waals surface area contributed by atoms with Gasteiger partial charge in [-0.2, -0.15) is 5.10 Å². The number of aliphatic carboxylic acids is 1. The first-order valence-corrected chi connectivity index (χ1v) is 11.1. The van der Waals surface area contributed by atoms with Gasteiger partial charge in [-0.3, -0.25) is 14.3 Å². The van der Waals surface area contributed by atoms with Crippen molar-refractivity contribution in [3.05, 3.63) is 82.8 Å². The predicted molar refractivity (Wildman–Crippen MR) is 127 cm³/mol. The van der Waals surface area contributed by atoms with Gasteiger partial charge in [-0.05, 0) is 37.1 Å². The van der Waals surface area contributed by atoms with Crippen LogP contribution in [0.5, 0.6) is 0 Å². The van der Waals surface area contributed by atoms with E-state index in [4.69, 9.17) is 5.11 Å². The standard InChI is InChI=1S/C26H26N4O3/c1-16-25(17(2)30(28-16)12-11-24(32)33)19-13-23(31)27-21-9-6-10-22-26(21)20(19)15-29(22)14-18-7-4-3-5-8-18/h3-10,15,19H,11-14H2,1-2H3,(H,27,31)(H,32,33)/t19-/m1/s1. The molecule has 0 radical (unpaired) electrons. The van der Waals surface area contributed by atoms with Crippen LogP contribution in [0.15, 0.2) is 54.7 Å². The van der Waals surface area contributed by atoms with E-state index in [0.717, 1.165) is 45.6 Å². The molecular formula is C26H26N4O3. The topological polar surface area (TPSA) is 89.2 Å². The summed E-state index contributed by atoms with van der Waals surface area (Å²) in [5.41, 5.74) is 6.96. The molecule has 168 valence electrons. The van der Waals surface area contributed by atoms with Crippen LogP contribution in [-0.4, -0.2) is 31.3 Å². The number of carboxylic acids is 1. The van der Waals surface area contributed by atoms with E-state index in [1.54, 1.807) is 4.68 Å². The number of carbonyl (C=O) groups excluding carboxylic acids is 1. The summed E-state index contributed by atoms with van der Waals surface area (Å²) in [6, 6.07) is 16.3. The molecule has 4 aromatic rings. The molecule has 1 amide bonds. The summed E-state index contributed by atoms with van der Waals surface area (Å²) in [7, 11) is 0. The molecular weight excluding hydrogens is 416 g/mol. The first kappa shape index (κ1) is 21.0. The Labute approximate surface area is 191 Å². The number of carbonyl (C=O) groups is 2. The molecule has 5 rings (SSSR count). The largest absolute Gasteiger partial charge is 0.481 e. The van der Waals surface area contributed by atoms with Crippen molar-refractivity contribution in [1.82, 2.24) is 14.3 Å². The number of hydrogen-bond acceptors (Lipinski definition) is 3. The van der Waals surface area contributed by atoms with Crippen molar-refractivity contribution in [1.29, 1.82) is 0 Å². The van der Waals surface area contributed by atoms with Gasteiger partial charge in [0.05, 0.1) is 29.9 Å². The minimum absolute atomic E-state index is 0.00703. The third-order valence-corrected chi connectivity index (χ3v) is 6.49. The lowest BCUT2D eigenvalue weighted by molar-refractivity contribution is -0.137. The van der Waals surface area contributed by atoms with Gasteiger partial charge < -0.3 is 15.0 Å². The quantitative estimate of drug-likeness (QED) is 0.462. The summed E-state index contributed by atoms with van der Waals surface area (Å²) < 4.78 is 4.00. The Bertz CT molecular complexity index is 1370. The summed E-state index contributed by atoms with van der Waals surface area (Å²) in [5, 5.41) is 17.9. The summed E-state index contributed by atoms with van der Waals surface area (Å²) in [6.07, 6.45) is 2.48. The zero-order valence-corrected chi connectivity index (χ0v) is 18.7. The predicted octanol–water partition coefficient (Wildman–Crippen LogP) is 4.45. The van der Waals surface area contributed by atoms with Gasteiger partial charge in [0.15, 0.2) is 0 Å². The molecule has 0 unspecified atom stereocenters. The number of aryl methyl sites for hydroxylation is 2. The van der Waals surface area contributed by atoms with Crippen molar-refractivity contribution in [2.24, 2.45) is 0 Å². The van der Waals surface area contributed by atoms with Gasteiger partial charge in [-0.25, -0.2) is 0 Å². The molecule has 2 aromatic heterocycles. The fourth-order valence-electron chi connectivity index (χ4n) is 5.05. The Morgan fingerprint density at radius 1 is 1.15 bits per heavy atom. The molecule has 1 aliphatic rings. The number of nitrogens with one attached hydrogen (secondary N) is 1. The maximum atomic E-state index is 12.9. The average molecular weight is 443 g/mol. The summed E-state index contributed by atoms with van der Waals surface area (Å²) in [5.74, 6) is -1.05. The zero-order valence-electron chi connectivity index (χ0n) is 18.7. The molecule has 3 heterocycles. The monoisotopic (exact) mass is 442 g/mol. The van der Waals surface area contributed by atoms with Crippen molar-refractivity contribution < 1.29 is 14.7 Å². The fraction of sp³-hybridized carbons (Fsp3) is 0.269. The second kappa shape index (κ2) is 8.24. The number of carboxylic acid groups (broad SMARTS) is 1. The van der Waals surface area contributed by atoms with Crippen LogP contribution in [0.3, 0.4) is 0 Å². The highest BCUT2D eigenvalue weighted by Gasteiger charge is 2.31. The molecule has 0 fully saturated rings. The maximum absolute atomic E-state index is 12.9. The lowest BCUT2D eigenvalue weighted by Crippen LogP contribution is -2.15. The normalized spacial score (nSPS) is 15.5. The van der Waals surface area contributed by atoms with Gasteiger partial charge in [0.25, 0.3) is 0 Å². The van der Waals surface area contributed by atoms with E-state index in [-0.39, 0.29) is 18.2 Å². The van der Waals surface area contributed by atoms with Crippen LogP contribution in [0.2, 0.25) is 0 Å². The summed E-state index contributed by atoms with van der Waals surface area (Å²) >= 11 is 0. The zero-order chi connectivity index (χ0) is 23.1. The lowest BCUT2D eigenvalue weighted by atomic mass is 9.87. The third kappa shape index (κ3) is 3.80. The van der Waals surface area contributed by atoms with Crippen molar-refractivity contribution in [2.75, 3.05) is 5.32 Å². The summed E-state index contributed by atoms with van der Waals surface area (Å²) in [6.45, 7) is 4.94. The molecule has 7 nitrogen and oxygen atoms in total. The number of nitrogens with zero attached hydrogens (tertiary/aromatic N) is 3. The number of amides is 1. The lowest BCUT2D eigenvalue weighted by Gasteiger charge is -2.15. The molecule has 1 atom stereocenters. The average Bonchev–Trinajstić information content (AvgIpc) is 3.24. The van der Waals surface area contributed by atoms with Crippen molar-refractivity contribution in [3.63, 3.8) is 0 Å². The van der Waals surface area contributed by atoms with Crippen LogP contribution < -0.4 is 5.32 Å². The van der Waals surface area contributed by atoms with Gasteiger partial charge in [-0.15, -0.1) is 0 Å². The van der Waals surface area contributed by atoms with Crippen LogP contribution in [0.25, 0.3) is 10.9 Å². The third-order valence-electron chi connectivity index (χ3n) is 6.49. The number of rotatable bonds is 6. The Kier molecular flexibility index (Phi) is 5.24. The highest BCUT2D eigenvalue weighted by molar-refractivity contribution is 6.06. The van der Waals surface area contributed by atoms with E-state index >= 15 is 0 Å². The number of anilines is 1. The van der Waals surface area contributed by atoms with Crippen LogP contribution in [0.4, 0.5) is 5.69 Å². The molecule has 0 spiro atoms. The minimum Gasteiger partial charge on any atom is -0.481 e. The van der Waals surface area contributed by atoms with E-state index in [2.05, 4.69) is 39.4 Å². The van der Waals surface area contributed by atoms with Crippen molar-refractivity contribution in [2.45, 2.75) is 45.7 Å². The van der Waals surface area contributed by atoms with Gasteiger partial charge in [0.1, 0.15) is 0 Å². The fourth-order valence-corrected chi connectivity index (χ4v) is 5.05. The van der Waals surface area contributed by atoms with E-state index in [1.807, 2.05) is 44.2 Å². The van der Waals surface area contributed by atoms with Crippen molar-refractivity contribution in [3.8, 4) is 0 Å². The SMILES string of the molecule is Cc1nn(CCC(=O)O)c(C)c1[C@@H]1CC(=O)Nc2cccc3c2c1cn3Cc1ccccc1. The van der Waals surface area contributed by atoms with E-state index in [1.165, 1.54) is 5.56 Å². The molecule has 1 aliphatic heterocycles. The van der Waals surface area contributed by atoms with Gasteiger partial charge in [-0.1, -0.05) is 36.4 Å². The number of hydrogen-bond donors (Lipinski definition) is 2. The van der Waals surface area contributed by atoms with Crippen LogP contribution in [-0.2, 0) is 22.7 Å². The molecule has 0 saturated carbocycles. The Balaban J connectivity index is 1.65. The number of benzene rings is 2. The molecule has 0 aliphatic carbocycles. The first-order valence-electron chi connectivity index (χ1n) is 11.1. The van der Waals surface area contributed by atoms with Crippen LogP contribution in [0, 0.1) is 13.8 Å². The van der Waals surface area contributed by atoms with E-state index in [0.29, 0.717) is 13.0 Å². The molecule has 2 N–H and O–H groups in total. The van der Waals surface area contributed by atoms with Crippen LogP contribution in [0.1, 0.15) is 46.8 Å². The Morgan fingerprint density at radius 2 is 1.94 bits per heavy atom.